The molecule has 0 bridgehead atoms. The first-order chi connectivity index (χ1) is 7.88. The van der Waals surface area contributed by atoms with Crippen LogP contribution in [0.25, 0.3) is 0 Å². The lowest BCUT2D eigenvalue weighted by atomic mass is 10.1. The Morgan fingerprint density at radius 3 is 2.35 bits per heavy atom. The minimum Gasteiger partial charge on any atom is -0.461 e. The van der Waals surface area contributed by atoms with Crippen LogP contribution in [0.5, 0.6) is 0 Å². The van der Waals surface area contributed by atoms with Crippen molar-refractivity contribution in [1.82, 2.24) is 0 Å². The number of aliphatic hydroxyl groups excluding tert-OH is 1. The molecule has 2 atom stereocenters. The number of hydrogen-bond donors (Lipinski definition) is 1. The van der Waals surface area contributed by atoms with Gasteiger partial charge in [-0.2, -0.15) is 0 Å². The van der Waals surface area contributed by atoms with Crippen LogP contribution in [0.2, 0.25) is 0 Å². The third-order valence-corrected chi connectivity index (χ3v) is 2.12. The standard InChI is InChI=1S/C13H24O4/c1-6-11(14)12(13(15)17-10(4)5)16-8-7-9(2)3/h7,10-12,14H,6,8H2,1-5H3. The van der Waals surface area contributed by atoms with Crippen molar-refractivity contribution < 1.29 is 19.4 Å². The number of aliphatic hydroxyl groups is 1. The monoisotopic (exact) mass is 244 g/mol. The first kappa shape index (κ1) is 16.1. The summed E-state index contributed by atoms with van der Waals surface area (Å²) in [5, 5.41) is 9.72. The van der Waals surface area contributed by atoms with Gasteiger partial charge in [0.05, 0.1) is 18.8 Å². The molecule has 0 aromatic carbocycles. The molecule has 0 saturated heterocycles. The Bertz CT molecular complexity index is 254. The van der Waals surface area contributed by atoms with Crippen molar-refractivity contribution in [2.45, 2.75) is 59.4 Å². The molecule has 4 heteroatoms. The molecule has 2 unspecified atom stereocenters. The van der Waals surface area contributed by atoms with Crippen molar-refractivity contribution in [2.24, 2.45) is 0 Å². The molecule has 0 aliphatic carbocycles. The third kappa shape index (κ3) is 7.13. The number of rotatable bonds is 7. The summed E-state index contributed by atoms with van der Waals surface area (Å²) in [6.07, 6.45) is 0.371. The number of hydrogen-bond acceptors (Lipinski definition) is 4. The number of carbonyl (C=O) groups excluding carboxylic acids is 1. The largest absolute Gasteiger partial charge is 0.461 e. The summed E-state index contributed by atoms with van der Waals surface area (Å²) in [5.41, 5.74) is 1.10. The fourth-order valence-electron chi connectivity index (χ4n) is 1.17. The molecular formula is C13H24O4. The molecule has 0 heterocycles. The topological polar surface area (TPSA) is 55.8 Å². The Hall–Kier alpha value is -0.870. The van der Waals surface area contributed by atoms with E-state index >= 15 is 0 Å². The summed E-state index contributed by atoms with van der Waals surface area (Å²) in [7, 11) is 0. The summed E-state index contributed by atoms with van der Waals surface area (Å²) in [4.78, 5) is 11.7. The van der Waals surface area contributed by atoms with Gasteiger partial charge >= 0.3 is 5.97 Å². The SMILES string of the molecule is CCC(O)C(OCC=C(C)C)C(=O)OC(C)C. The van der Waals surface area contributed by atoms with Crippen molar-refractivity contribution in [2.75, 3.05) is 6.61 Å². The first-order valence-corrected chi connectivity index (χ1v) is 6.02. The van der Waals surface area contributed by atoms with Crippen molar-refractivity contribution in [1.29, 1.82) is 0 Å². The molecule has 0 aliphatic heterocycles. The number of carbonyl (C=O) groups is 1. The predicted octanol–water partition coefficient (Wildman–Crippen LogP) is 2.06. The Morgan fingerprint density at radius 1 is 1.35 bits per heavy atom. The van der Waals surface area contributed by atoms with E-state index in [1.54, 1.807) is 20.8 Å². The average Bonchev–Trinajstić information content (AvgIpc) is 2.21. The highest BCUT2D eigenvalue weighted by Crippen LogP contribution is 2.08. The van der Waals surface area contributed by atoms with Crippen molar-refractivity contribution >= 4 is 5.97 Å². The Morgan fingerprint density at radius 2 is 1.94 bits per heavy atom. The second-order valence-electron chi connectivity index (χ2n) is 4.50. The van der Waals surface area contributed by atoms with Gasteiger partial charge in [-0.3, -0.25) is 0 Å². The molecule has 0 spiro atoms. The van der Waals surface area contributed by atoms with Gasteiger partial charge in [-0.25, -0.2) is 4.79 Å². The van der Waals surface area contributed by atoms with E-state index in [1.807, 2.05) is 19.9 Å². The quantitative estimate of drug-likeness (QED) is 0.550. The van der Waals surface area contributed by atoms with Gasteiger partial charge in [-0.1, -0.05) is 18.6 Å². The van der Waals surface area contributed by atoms with E-state index in [4.69, 9.17) is 9.47 Å². The van der Waals surface area contributed by atoms with E-state index in [2.05, 4.69) is 0 Å². The van der Waals surface area contributed by atoms with Gasteiger partial charge in [-0.15, -0.1) is 0 Å². The molecule has 1 N–H and O–H groups in total. The van der Waals surface area contributed by atoms with Gasteiger partial charge in [-0.05, 0) is 34.1 Å². The second kappa shape index (κ2) is 8.25. The van der Waals surface area contributed by atoms with E-state index < -0.39 is 18.2 Å². The Labute approximate surface area is 104 Å². The van der Waals surface area contributed by atoms with Gasteiger partial charge in [0.15, 0.2) is 6.10 Å². The summed E-state index contributed by atoms with van der Waals surface area (Å²) in [5.74, 6) is -0.503. The lowest BCUT2D eigenvalue weighted by Gasteiger charge is -2.21. The zero-order valence-electron chi connectivity index (χ0n) is 11.4. The lowest BCUT2D eigenvalue weighted by molar-refractivity contribution is -0.168. The fraction of sp³-hybridized carbons (Fsp3) is 0.769. The maximum absolute atomic E-state index is 11.7. The van der Waals surface area contributed by atoms with Crippen LogP contribution >= 0.6 is 0 Å². The van der Waals surface area contributed by atoms with Crippen molar-refractivity contribution in [3.05, 3.63) is 11.6 Å². The van der Waals surface area contributed by atoms with Crippen molar-refractivity contribution in [3.63, 3.8) is 0 Å². The van der Waals surface area contributed by atoms with Crippen LogP contribution in [0.4, 0.5) is 0 Å². The van der Waals surface area contributed by atoms with Crippen LogP contribution in [0.3, 0.4) is 0 Å². The van der Waals surface area contributed by atoms with Crippen LogP contribution in [-0.4, -0.2) is 36.0 Å². The molecule has 0 saturated carbocycles. The summed E-state index contributed by atoms with van der Waals surface area (Å²) >= 11 is 0. The Kier molecular flexibility index (Phi) is 7.83. The summed E-state index contributed by atoms with van der Waals surface area (Å²) in [6.45, 7) is 9.52. The molecule has 0 aliphatic rings. The fourth-order valence-corrected chi connectivity index (χ4v) is 1.17. The third-order valence-electron chi connectivity index (χ3n) is 2.12. The Balaban J connectivity index is 4.43. The van der Waals surface area contributed by atoms with Crippen LogP contribution < -0.4 is 0 Å². The predicted molar refractivity (Wildman–Crippen MR) is 66.7 cm³/mol. The highest BCUT2D eigenvalue weighted by atomic mass is 16.6. The molecule has 0 fully saturated rings. The smallest absolute Gasteiger partial charge is 0.338 e. The average molecular weight is 244 g/mol. The highest BCUT2D eigenvalue weighted by molar-refractivity contribution is 5.75. The molecule has 0 rings (SSSR count). The lowest BCUT2D eigenvalue weighted by Crippen LogP contribution is -2.38. The van der Waals surface area contributed by atoms with E-state index in [-0.39, 0.29) is 6.10 Å². The zero-order chi connectivity index (χ0) is 13.4. The maximum Gasteiger partial charge on any atom is 0.338 e. The van der Waals surface area contributed by atoms with E-state index in [1.165, 1.54) is 0 Å². The molecule has 0 aromatic rings. The van der Waals surface area contributed by atoms with Gasteiger partial charge in [0.1, 0.15) is 0 Å². The molecule has 100 valence electrons. The minimum atomic E-state index is -0.905. The van der Waals surface area contributed by atoms with Crippen LogP contribution in [0.15, 0.2) is 11.6 Å². The minimum absolute atomic E-state index is 0.207. The zero-order valence-corrected chi connectivity index (χ0v) is 11.4. The van der Waals surface area contributed by atoms with Gasteiger partial charge < -0.3 is 14.6 Å². The highest BCUT2D eigenvalue weighted by Gasteiger charge is 2.28. The molecule has 17 heavy (non-hydrogen) atoms. The molecular weight excluding hydrogens is 220 g/mol. The van der Waals surface area contributed by atoms with E-state index in [0.29, 0.717) is 13.0 Å². The molecule has 0 aromatic heterocycles. The van der Waals surface area contributed by atoms with Crippen LogP contribution in [-0.2, 0) is 14.3 Å². The second-order valence-corrected chi connectivity index (χ2v) is 4.50. The van der Waals surface area contributed by atoms with E-state index in [9.17, 15) is 9.90 Å². The molecule has 0 amide bonds. The summed E-state index contributed by atoms with van der Waals surface area (Å²) in [6, 6.07) is 0. The normalized spacial score (nSPS) is 14.3. The maximum atomic E-state index is 11.7. The number of ether oxygens (including phenoxy) is 2. The van der Waals surface area contributed by atoms with Gasteiger partial charge in [0.2, 0.25) is 0 Å². The van der Waals surface area contributed by atoms with Crippen LogP contribution in [0, 0.1) is 0 Å². The van der Waals surface area contributed by atoms with Gasteiger partial charge in [0, 0.05) is 0 Å². The van der Waals surface area contributed by atoms with Crippen LogP contribution in [0.1, 0.15) is 41.0 Å². The molecule has 0 radical (unpaired) electrons. The summed E-state index contributed by atoms with van der Waals surface area (Å²) < 4.78 is 10.4. The first-order valence-electron chi connectivity index (χ1n) is 6.02. The van der Waals surface area contributed by atoms with E-state index in [0.717, 1.165) is 5.57 Å². The number of allylic oxidation sites excluding steroid dienone is 1. The number of esters is 1. The molecule has 4 nitrogen and oxygen atoms in total. The van der Waals surface area contributed by atoms with Crippen molar-refractivity contribution in [3.8, 4) is 0 Å². The van der Waals surface area contributed by atoms with Gasteiger partial charge in [0.25, 0.3) is 0 Å².